The molecule has 1 N–H and O–H groups in total. The van der Waals surface area contributed by atoms with E-state index in [2.05, 4.69) is 0 Å². The predicted molar refractivity (Wildman–Crippen MR) is 207 cm³/mol. The molecule has 0 radical (unpaired) electrons. The molecule has 0 amide bonds. The van der Waals surface area contributed by atoms with Crippen molar-refractivity contribution in [2.24, 2.45) is 0 Å². The van der Waals surface area contributed by atoms with Gasteiger partial charge in [-0.05, 0) is 38.8 Å². The van der Waals surface area contributed by atoms with Crippen LogP contribution in [0.15, 0.2) is 0 Å². The molecular formula is C42H78OSi3. The molecule has 0 aromatic rings. The summed E-state index contributed by atoms with van der Waals surface area (Å²) in [5.41, 5.74) is 7.06. The van der Waals surface area contributed by atoms with Crippen molar-refractivity contribution in [3.05, 3.63) is 0 Å². The van der Waals surface area contributed by atoms with Crippen LogP contribution in [-0.4, -0.2) is 27.3 Å². The Morgan fingerprint density at radius 3 is 0.674 bits per heavy atom. The first-order valence-electron chi connectivity index (χ1n) is 22.5. The highest BCUT2D eigenvalue weighted by molar-refractivity contribution is 7.70. The highest BCUT2D eigenvalue weighted by Crippen LogP contribution is 2.72. The number of hydrogen-bond acceptors (Lipinski definition) is 1. The van der Waals surface area contributed by atoms with E-state index in [4.69, 9.17) is 0 Å². The molecule has 4 heteroatoms. The first-order chi connectivity index (χ1) is 22.7. The summed E-state index contributed by atoms with van der Waals surface area (Å²) in [5.74, 6) is 0. The second-order valence-corrected chi connectivity index (χ2v) is 41.4. The van der Waals surface area contributed by atoms with Gasteiger partial charge >= 0.3 is 0 Å². The minimum absolute atomic E-state index is 0.808. The average Bonchev–Trinajstić information content (AvgIpc) is 3.16. The summed E-state index contributed by atoms with van der Waals surface area (Å²) in [5, 5.41) is 0. The Morgan fingerprint density at radius 2 is 0.435 bits per heavy atom. The summed E-state index contributed by atoms with van der Waals surface area (Å²) in [6.07, 6.45) is 54.0. The maximum Gasteiger partial charge on any atom is 0.180 e. The fraction of sp³-hybridized carbons (Fsp3) is 1.00. The van der Waals surface area contributed by atoms with Gasteiger partial charge in [0.1, 0.15) is 0 Å². The topological polar surface area (TPSA) is 20.2 Å². The second-order valence-electron chi connectivity index (χ2n) is 19.0. The molecule has 0 aliphatic heterocycles. The first kappa shape index (κ1) is 35.0. The van der Waals surface area contributed by atoms with Gasteiger partial charge in [0.2, 0.25) is 0 Å². The molecule has 46 heavy (non-hydrogen) atoms. The van der Waals surface area contributed by atoms with E-state index in [0.717, 1.165) is 38.8 Å². The lowest BCUT2D eigenvalue weighted by Gasteiger charge is -2.73. The minimum atomic E-state index is -2.59. The van der Waals surface area contributed by atoms with Gasteiger partial charge in [0, 0.05) is 0 Å². The van der Waals surface area contributed by atoms with Crippen molar-refractivity contribution in [1.82, 2.24) is 0 Å². The van der Waals surface area contributed by atoms with Gasteiger partial charge in [-0.15, -0.1) is 0 Å². The van der Waals surface area contributed by atoms with Gasteiger partial charge in [0.25, 0.3) is 0 Å². The lowest BCUT2D eigenvalue weighted by molar-refractivity contribution is 0.378. The Kier molecular flexibility index (Phi) is 12.4. The molecule has 0 heterocycles. The van der Waals surface area contributed by atoms with E-state index in [1.54, 1.807) is 103 Å². The van der Waals surface area contributed by atoms with Crippen molar-refractivity contribution in [1.29, 1.82) is 0 Å². The standard InChI is InChI=1S/C42H78OSi3/c43-45(39-28-14-4-15-29-39,40-30-16-5-17-31-40)46(41-32-18-6-19-33-41,42-34-20-7-21-35-42)44(36-22-8-1-9-23-36,37-24-10-2-11-25-37)38-26-12-3-13-27-38/h36-43H,1-35H2. The smallest absolute Gasteiger partial charge is 0.180 e. The lowest BCUT2D eigenvalue weighted by Crippen LogP contribution is -2.87. The summed E-state index contributed by atoms with van der Waals surface area (Å²) >= 11 is 0. The van der Waals surface area contributed by atoms with Crippen molar-refractivity contribution in [2.45, 2.75) is 264 Å². The van der Waals surface area contributed by atoms with Gasteiger partial charge < -0.3 is 4.80 Å². The zero-order valence-electron chi connectivity index (χ0n) is 30.7. The van der Waals surface area contributed by atoms with E-state index in [1.165, 1.54) is 122 Å². The van der Waals surface area contributed by atoms with E-state index < -0.39 is 22.5 Å². The number of hydrogen-bond donors (Lipinski definition) is 1. The SMILES string of the molecule is O[Si](C1CCCCC1)(C1CCCCC1)[Si](C1CCCCC1)(C1CCCCC1)[Si](C1CCCCC1)(C1CCCCC1)C1CCCCC1. The van der Waals surface area contributed by atoms with Crippen molar-refractivity contribution >= 4 is 22.5 Å². The van der Waals surface area contributed by atoms with E-state index in [1.807, 2.05) is 0 Å². The van der Waals surface area contributed by atoms with E-state index in [9.17, 15) is 0 Å². The van der Waals surface area contributed by atoms with Crippen LogP contribution < -0.4 is 0 Å². The molecule has 0 aromatic carbocycles. The van der Waals surface area contributed by atoms with Crippen molar-refractivity contribution in [2.75, 3.05) is 0 Å². The molecule has 7 aliphatic rings. The Hall–Kier alpha value is 0.611. The van der Waals surface area contributed by atoms with Crippen LogP contribution >= 0.6 is 0 Å². The van der Waals surface area contributed by atoms with Crippen molar-refractivity contribution in [3.8, 4) is 0 Å². The molecule has 0 unspecified atom stereocenters. The van der Waals surface area contributed by atoms with Gasteiger partial charge in [0.15, 0.2) is 7.83 Å². The summed E-state index contributed by atoms with van der Waals surface area (Å²) in [6, 6.07) is 0. The largest absolute Gasteiger partial charge is 0.434 e. The van der Waals surface area contributed by atoms with Gasteiger partial charge in [-0.25, -0.2) is 0 Å². The fourth-order valence-corrected chi connectivity index (χ4v) is 79.0. The van der Waals surface area contributed by atoms with Crippen molar-refractivity contribution in [3.63, 3.8) is 0 Å². The monoisotopic (exact) mass is 683 g/mol. The van der Waals surface area contributed by atoms with Crippen LogP contribution in [0.3, 0.4) is 0 Å². The molecule has 0 bridgehead atoms. The highest BCUT2D eigenvalue weighted by atomic mass is 29.6. The van der Waals surface area contributed by atoms with Crippen LogP contribution in [0.1, 0.15) is 225 Å². The Labute approximate surface area is 289 Å². The summed E-state index contributed by atoms with van der Waals surface area (Å²) < 4.78 is 0. The Bertz CT molecular complexity index is 812. The molecule has 0 aromatic heterocycles. The molecule has 7 fully saturated rings. The molecule has 7 rings (SSSR count). The molecule has 7 aliphatic carbocycles. The zero-order chi connectivity index (χ0) is 31.3. The maximum absolute atomic E-state index is 15.4. The Balaban J connectivity index is 1.56. The quantitative estimate of drug-likeness (QED) is 0.240. The summed E-state index contributed by atoms with van der Waals surface area (Å²) in [6.45, 7) is 0. The minimum Gasteiger partial charge on any atom is -0.434 e. The zero-order valence-corrected chi connectivity index (χ0v) is 33.7. The van der Waals surface area contributed by atoms with Gasteiger partial charge in [-0.2, -0.15) is 0 Å². The molecular weight excluding hydrogens is 605 g/mol. The van der Waals surface area contributed by atoms with Crippen molar-refractivity contribution < 1.29 is 4.80 Å². The van der Waals surface area contributed by atoms with E-state index in [0.29, 0.717) is 0 Å². The van der Waals surface area contributed by atoms with E-state index >= 15 is 4.80 Å². The van der Waals surface area contributed by atoms with Crippen LogP contribution in [0, 0.1) is 0 Å². The molecule has 264 valence electrons. The summed E-state index contributed by atoms with van der Waals surface area (Å²) in [4.78, 5) is 15.4. The number of rotatable bonds is 9. The van der Waals surface area contributed by atoms with Crippen LogP contribution in [0.2, 0.25) is 38.8 Å². The maximum atomic E-state index is 15.4. The van der Waals surface area contributed by atoms with Crippen LogP contribution in [-0.2, 0) is 0 Å². The van der Waals surface area contributed by atoms with Crippen LogP contribution in [0.4, 0.5) is 0 Å². The molecule has 0 atom stereocenters. The molecule has 7 saturated carbocycles. The first-order valence-corrected chi connectivity index (χ1v) is 30.9. The third kappa shape index (κ3) is 6.24. The molecule has 1 nitrogen and oxygen atoms in total. The predicted octanol–water partition coefficient (Wildman–Crippen LogP) is 14.3. The summed E-state index contributed by atoms with van der Waals surface area (Å²) in [7, 11) is -6.62. The second kappa shape index (κ2) is 16.3. The van der Waals surface area contributed by atoms with Gasteiger partial charge in [-0.1, -0.05) is 225 Å². The van der Waals surface area contributed by atoms with E-state index in [-0.39, 0.29) is 0 Å². The lowest BCUT2D eigenvalue weighted by atomic mass is 9.98. The fourth-order valence-electron chi connectivity index (χ4n) is 16.0. The normalized spacial score (nSPS) is 29.7. The average molecular weight is 683 g/mol. The molecule has 0 saturated heterocycles. The third-order valence-electron chi connectivity index (χ3n) is 17.2. The Morgan fingerprint density at radius 1 is 0.239 bits per heavy atom. The van der Waals surface area contributed by atoms with Crippen LogP contribution in [0.25, 0.3) is 0 Å². The molecule has 0 spiro atoms. The third-order valence-corrected chi connectivity index (χ3v) is 59.9. The highest BCUT2D eigenvalue weighted by Gasteiger charge is 2.79. The van der Waals surface area contributed by atoms with Crippen LogP contribution in [0.5, 0.6) is 0 Å². The van der Waals surface area contributed by atoms with Gasteiger partial charge in [-0.3, -0.25) is 0 Å². The van der Waals surface area contributed by atoms with Gasteiger partial charge in [0.05, 0.1) is 14.7 Å².